The van der Waals surface area contributed by atoms with E-state index in [1.165, 1.54) is 58.0 Å². The molecule has 19 heavy (non-hydrogen) atoms. The lowest BCUT2D eigenvalue weighted by Crippen LogP contribution is -2.42. The van der Waals surface area contributed by atoms with Crippen molar-refractivity contribution < 1.29 is 0 Å². The molecule has 2 nitrogen and oxygen atoms in total. The molecule has 2 heteroatoms. The summed E-state index contributed by atoms with van der Waals surface area (Å²) < 4.78 is 0. The molecule has 0 aromatic heterocycles. The lowest BCUT2D eigenvalue weighted by molar-refractivity contribution is 0.0880. The Kier molecular flexibility index (Phi) is 4.19. The molecule has 0 bridgehead atoms. The standard InChI is InChI=1S/C17H32N2/c1-13(2)14-7-9-15(10-8-14)16-12-19-11-5-4-6-17(19)18(16)3/h13-17H,4-12H2,1-3H3. The monoisotopic (exact) mass is 264 g/mol. The van der Waals surface area contributed by atoms with Crippen LogP contribution in [0.4, 0.5) is 0 Å². The highest BCUT2D eigenvalue weighted by atomic mass is 15.4. The number of piperidine rings is 1. The summed E-state index contributed by atoms with van der Waals surface area (Å²) in [4.78, 5) is 5.50. The molecule has 1 aliphatic carbocycles. The van der Waals surface area contributed by atoms with Gasteiger partial charge in [-0.25, -0.2) is 0 Å². The minimum Gasteiger partial charge on any atom is -0.286 e. The maximum atomic E-state index is 2.77. The van der Waals surface area contributed by atoms with Gasteiger partial charge in [-0.05, 0) is 76.3 Å². The molecule has 0 N–H and O–H groups in total. The zero-order valence-electron chi connectivity index (χ0n) is 13.1. The molecule has 2 heterocycles. The summed E-state index contributed by atoms with van der Waals surface area (Å²) in [7, 11) is 2.40. The Balaban J connectivity index is 1.58. The van der Waals surface area contributed by atoms with E-state index in [0.717, 1.165) is 30.0 Å². The van der Waals surface area contributed by atoms with Crippen LogP contribution in [0.5, 0.6) is 0 Å². The maximum absolute atomic E-state index is 2.77. The zero-order chi connectivity index (χ0) is 13.4. The molecule has 3 fully saturated rings. The van der Waals surface area contributed by atoms with Gasteiger partial charge in [-0.1, -0.05) is 13.8 Å². The number of rotatable bonds is 2. The van der Waals surface area contributed by atoms with E-state index >= 15 is 0 Å². The Morgan fingerprint density at radius 3 is 2.32 bits per heavy atom. The highest BCUT2D eigenvalue weighted by Crippen LogP contribution is 2.39. The van der Waals surface area contributed by atoms with Crippen LogP contribution in [0.15, 0.2) is 0 Å². The van der Waals surface area contributed by atoms with Crippen molar-refractivity contribution in [2.24, 2.45) is 17.8 Å². The van der Waals surface area contributed by atoms with E-state index in [0.29, 0.717) is 0 Å². The summed E-state index contributed by atoms with van der Waals surface area (Å²) >= 11 is 0. The molecule has 2 saturated heterocycles. The highest BCUT2D eigenvalue weighted by molar-refractivity contribution is 4.95. The molecule has 2 atom stereocenters. The lowest BCUT2D eigenvalue weighted by Gasteiger charge is -2.37. The van der Waals surface area contributed by atoms with Gasteiger partial charge in [0.05, 0.1) is 6.17 Å². The number of hydrogen-bond donors (Lipinski definition) is 0. The summed E-state index contributed by atoms with van der Waals surface area (Å²) in [5.41, 5.74) is 0. The molecule has 0 aromatic rings. The Labute approximate surface area is 119 Å². The predicted molar refractivity (Wildman–Crippen MR) is 81.0 cm³/mol. The van der Waals surface area contributed by atoms with Crippen LogP contribution in [0.3, 0.4) is 0 Å². The van der Waals surface area contributed by atoms with Gasteiger partial charge in [-0.2, -0.15) is 0 Å². The number of fused-ring (bicyclic) bond motifs is 1. The summed E-state index contributed by atoms with van der Waals surface area (Å²) in [6, 6.07) is 0.858. The van der Waals surface area contributed by atoms with Gasteiger partial charge in [0.15, 0.2) is 0 Å². The predicted octanol–water partition coefficient (Wildman–Crippen LogP) is 3.57. The van der Waals surface area contributed by atoms with E-state index < -0.39 is 0 Å². The maximum Gasteiger partial charge on any atom is 0.0623 e. The second-order valence-electron chi connectivity index (χ2n) is 7.62. The van der Waals surface area contributed by atoms with Crippen molar-refractivity contribution in [2.45, 2.75) is 71.0 Å². The van der Waals surface area contributed by atoms with Crippen LogP contribution in [-0.4, -0.2) is 42.1 Å². The van der Waals surface area contributed by atoms with E-state index in [9.17, 15) is 0 Å². The summed E-state index contributed by atoms with van der Waals surface area (Å²) in [5, 5.41) is 0. The molecular weight excluding hydrogens is 232 g/mol. The van der Waals surface area contributed by atoms with E-state index in [-0.39, 0.29) is 0 Å². The second-order valence-corrected chi connectivity index (χ2v) is 7.62. The van der Waals surface area contributed by atoms with Gasteiger partial charge < -0.3 is 0 Å². The molecule has 0 aromatic carbocycles. The quantitative estimate of drug-likeness (QED) is 0.752. The number of nitrogens with zero attached hydrogens (tertiary/aromatic N) is 2. The van der Waals surface area contributed by atoms with Crippen molar-refractivity contribution in [1.82, 2.24) is 9.80 Å². The zero-order valence-corrected chi connectivity index (χ0v) is 13.1. The third-order valence-corrected chi connectivity index (χ3v) is 6.30. The van der Waals surface area contributed by atoms with Gasteiger partial charge in [0.1, 0.15) is 0 Å². The fourth-order valence-corrected chi connectivity index (χ4v) is 4.92. The first kappa shape index (κ1) is 13.9. The molecule has 0 spiro atoms. The van der Waals surface area contributed by atoms with Crippen molar-refractivity contribution >= 4 is 0 Å². The van der Waals surface area contributed by atoms with Gasteiger partial charge in [0.25, 0.3) is 0 Å². The number of likely N-dealkylation sites (N-methyl/N-ethyl adjacent to an activating group) is 1. The largest absolute Gasteiger partial charge is 0.286 e. The van der Waals surface area contributed by atoms with Crippen LogP contribution in [-0.2, 0) is 0 Å². The average molecular weight is 264 g/mol. The fraction of sp³-hybridized carbons (Fsp3) is 1.00. The van der Waals surface area contributed by atoms with E-state index in [1.807, 2.05) is 0 Å². The molecule has 0 radical (unpaired) electrons. The molecule has 2 unspecified atom stereocenters. The molecular formula is C17H32N2. The van der Waals surface area contributed by atoms with Gasteiger partial charge in [-0.3, -0.25) is 9.80 Å². The Morgan fingerprint density at radius 1 is 0.947 bits per heavy atom. The molecule has 3 aliphatic rings. The molecule has 0 amide bonds. The summed E-state index contributed by atoms with van der Waals surface area (Å²) in [6.45, 7) is 7.53. The van der Waals surface area contributed by atoms with E-state index in [4.69, 9.17) is 0 Å². The van der Waals surface area contributed by atoms with Gasteiger partial charge >= 0.3 is 0 Å². The Morgan fingerprint density at radius 2 is 1.68 bits per heavy atom. The molecule has 3 rings (SSSR count). The Bertz CT molecular complexity index is 294. The van der Waals surface area contributed by atoms with Crippen LogP contribution in [0.25, 0.3) is 0 Å². The van der Waals surface area contributed by atoms with Crippen molar-refractivity contribution in [1.29, 1.82) is 0 Å². The van der Waals surface area contributed by atoms with E-state index in [2.05, 4.69) is 30.7 Å². The van der Waals surface area contributed by atoms with Crippen molar-refractivity contribution in [3.05, 3.63) is 0 Å². The van der Waals surface area contributed by atoms with Crippen molar-refractivity contribution in [3.8, 4) is 0 Å². The SMILES string of the molecule is CC(C)C1CCC(C2CN3CCCCC3N2C)CC1. The third kappa shape index (κ3) is 2.71. The topological polar surface area (TPSA) is 6.48 Å². The highest BCUT2D eigenvalue weighted by Gasteiger charge is 2.42. The van der Waals surface area contributed by atoms with Crippen LogP contribution >= 0.6 is 0 Å². The minimum absolute atomic E-state index is 0.779. The molecule has 2 aliphatic heterocycles. The van der Waals surface area contributed by atoms with Crippen LogP contribution in [0.1, 0.15) is 58.8 Å². The first-order chi connectivity index (χ1) is 9.16. The van der Waals surface area contributed by atoms with E-state index in [1.54, 1.807) is 0 Å². The Hall–Kier alpha value is -0.0800. The second kappa shape index (κ2) is 5.73. The molecule has 1 saturated carbocycles. The van der Waals surface area contributed by atoms with Crippen molar-refractivity contribution in [2.75, 3.05) is 20.1 Å². The average Bonchev–Trinajstić information content (AvgIpc) is 2.77. The summed E-state index contributed by atoms with van der Waals surface area (Å²) in [5.74, 6) is 2.88. The molecule has 110 valence electrons. The van der Waals surface area contributed by atoms with Gasteiger partial charge in [0.2, 0.25) is 0 Å². The smallest absolute Gasteiger partial charge is 0.0623 e. The van der Waals surface area contributed by atoms with Crippen LogP contribution < -0.4 is 0 Å². The van der Waals surface area contributed by atoms with Crippen LogP contribution in [0.2, 0.25) is 0 Å². The van der Waals surface area contributed by atoms with Crippen LogP contribution in [0, 0.1) is 17.8 Å². The van der Waals surface area contributed by atoms with Crippen molar-refractivity contribution in [3.63, 3.8) is 0 Å². The first-order valence-corrected chi connectivity index (χ1v) is 8.63. The van der Waals surface area contributed by atoms with Gasteiger partial charge in [0, 0.05) is 12.6 Å². The summed E-state index contributed by atoms with van der Waals surface area (Å²) in [6.07, 6.45) is 11.0. The normalized spacial score (nSPS) is 41.7. The number of hydrogen-bond acceptors (Lipinski definition) is 2. The lowest BCUT2D eigenvalue weighted by atomic mass is 9.74. The fourth-order valence-electron chi connectivity index (χ4n) is 4.92. The first-order valence-electron chi connectivity index (χ1n) is 8.63. The van der Waals surface area contributed by atoms with Gasteiger partial charge in [-0.15, -0.1) is 0 Å². The third-order valence-electron chi connectivity index (χ3n) is 6.30. The minimum atomic E-state index is 0.779.